The number of hydrogen-bond donors (Lipinski definition) is 2. The summed E-state index contributed by atoms with van der Waals surface area (Å²) < 4.78 is 11.6. The third kappa shape index (κ3) is 20.1. The Balaban J connectivity index is 0.000000263. The van der Waals surface area contributed by atoms with E-state index in [1.165, 1.54) is 11.1 Å². The Hall–Kier alpha value is 6.61. The average molecular weight is 1530 g/mol. The largest absolute Gasteiger partial charge is 0.461 e. The van der Waals surface area contributed by atoms with Crippen molar-refractivity contribution in [3.63, 3.8) is 0 Å². The van der Waals surface area contributed by atoms with E-state index in [-0.39, 0.29) is 114 Å². The normalized spacial score (nSPS) is 30.5. The van der Waals surface area contributed by atoms with Crippen LogP contribution in [0.2, 0.25) is 15.9 Å². The molecule has 1 aromatic rings. The maximum absolute atomic E-state index is 12.5. The van der Waals surface area contributed by atoms with E-state index in [0.29, 0.717) is 24.7 Å². The molecule has 1 amide bonds. The first kappa shape index (κ1) is 76.9. The van der Waals surface area contributed by atoms with Crippen molar-refractivity contribution in [2.45, 2.75) is 112 Å². The van der Waals surface area contributed by atoms with E-state index in [2.05, 4.69) is 182 Å². The molecule has 11 nitrogen and oxygen atoms in total. The van der Waals surface area contributed by atoms with Crippen LogP contribution in [-0.4, -0.2) is 62.5 Å². The van der Waals surface area contributed by atoms with Gasteiger partial charge in [0.25, 0.3) is 0 Å². The number of esters is 2. The summed E-state index contributed by atoms with van der Waals surface area (Å²) in [4.78, 5) is 47.4. The summed E-state index contributed by atoms with van der Waals surface area (Å²) in [6.07, 6.45) is 11.1. The van der Waals surface area contributed by atoms with Crippen LogP contribution in [0.4, 0.5) is 0 Å². The fraction of sp³-hybridized carbons (Fsp3) is 0.615. The van der Waals surface area contributed by atoms with Crippen LogP contribution in [-0.2, 0) is 23.9 Å². The molecule has 16 unspecified atom stereocenters. The van der Waals surface area contributed by atoms with Crippen molar-refractivity contribution in [2.24, 2.45) is 38.7 Å². The maximum Gasteiger partial charge on any atom is 0.316 e. The van der Waals surface area contributed by atoms with Crippen LogP contribution in [0.15, 0.2) is 52.8 Å². The van der Waals surface area contributed by atoms with Crippen molar-refractivity contribution in [1.29, 1.82) is 0 Å². The highest BCUT2D eigenvalue weighted by Gasteiger charge is 2.58. The van der Waals surface area contributed by atoms with E-state index in [0.717, 1.165) is 76.3 Å². The van der Waals surface area contributed by atoms with Crippen molar-refractivity contribution in [2.75, 3.05) is 6.54 Å². The number of ether oxygens (including phenoxy) is 2. The van der Waals surface area contributed by atoms with Gasteiger partial charge in [0.2, 0.25) is 21.8 Å². The Bertz CT molecular complexity index is 2220. The minimum atomic E-state index is -0.642. The number of cyclic esters (lactones) is 2. The molecule has 0 saturated carbocycles. The molecule has 1 aromatic heterocycles. The lowest BCUT2D eigenvalue weighted by Crippen LogP contribution is -2.49. The minimum absolute atomic E-state index is 0.000000000000000444. The van der Waals surface area contributed by atoms with Gasteiger partial charge in [-0.2, -0.15) is 15.0 Å². The molecule has 0 bridgehead atoms. The Morgan fingerprint density at radius 3 is 1.36 bits per heavy atom. The summed E-state index contributed by atoms with van der Waals surface area (Å²) >= 11 is 16.0. The number of hydrogen-bond acceptors (Lipinski definition) is 10. The minimum Gasteiger partial charge on any atom is -0.461 e. The number of carbonyl (C=O) groups is 3. The van der Waals surface area contributed by atoms with E-state index < -0.39 is 16.2 Å². The zero-order valence-corrected chi connectivity index (χ0v) is 69.7. The second kappa shape index (κ2) is 35.3. The van der Waals surface area contributed by atoms with Gasteiger partial charge in [0, 0.05) is 35.8 Å². The lowest BCUT2D eigenvalue weighted by Gasteiger charge is -2.46. The predicted molar refractivity (Wildman–Crippen MR) is 400 cm³/mol. The summed E-state index contributed by atoms with van der Waals surface area (Å²) in [5.74, 6) is 0.309. The van der Waals surface area contributed by atoms with Crippen LogP contribution < -0.4 is 5.32 Å². The van der Waals surface area contributed by atoms with E-state index in [9.17, 15) is 19.6 Å². The van der Waals surface area contributed by atoms with E-state index >= 15 is 0 Å². The molecule has 6 aliphatic rings. The topological polar surface area (TPSA) is 153 Å². The number of halogens is 3. The fourth-order valence-corrected chi connectivity index (χ4v) is 208. The molecule has 4 heterocycles. The summed E-state index contributed by atoms with van der Waals surface area (Å²) in [5.41, 5.74) is 3.52. The van der Waals surface area contributed by atoms with Crippen molar-refractivity contribution in [1.82, 2.24) is 20.3 Å². The number of carbonyl (C=O) groups excluding carboxylic acids is 3. The van der Waals surface area contributed by atoms with Crippen LogP contribution >= 0.6 is 222 Å². The van der Waals surface area contributed by atoms with Crippen LogP contribution in [0.5, 0.6) is 0 Å². The molecule has 2 N–H and O–H groups in total. The molecule has 3 aliphatic heterocycles. The van der Waals surface area contributed by atoms with E-state index in [4.69, 9.17) is 44.3 Å². The Morgan fingerprint density at radius 2 is 1.04 bits per heavy atom. The molecule has 3 aliphatic carbocycles. The van der Waals surface area contributed by atoms with Crippen molar-refractivity contribution in [3.8, 4) is 0 Å². The van der Waals surface area contributed by atoms with Gasteiger partial charge >= 0.3 is 11.9 Å². The van der Waals surface area contributed by atoms with Gasteiger partial charge in [-0.05, 0) is 174 Å². The number of rotatable bonds is 12. The second-order valence-corrected chi connectivity index (χ2v) is 104. The molecule has 24 atom stereocenters. The highest BCUT2D eigenvalue weighted by atomic mass is 35.5. The van der Waals surface area contributed by atoms with Crippen molar-refractivity contribution in [3.05, 3.63) is 63.5 Å². The van der Waals surface area contributed by atoms with Gasteiger partial charge < -0.3 is 20.0 Å². The Kier molecular flexibility index (Phi) is 35.7. The smallest absolute Gasteiger partial charge is 0.316 e. The molecule has 2 fully saturated rings. The third-order valence-corrected chi connectivity index (χ3v) is 141. The van der Waals surface area contributed by atoms with Gasteiger partial charge in [-0.25, -0.2) is 0 Å². The van der Waals surface area contributed by atoms with Gasteiger partial charge in [0.15, 0.2) is 0 Å². The van der Waals surface area contributed by atoms with Gasteiger partial charge in [-0.3, -0.25) is 14.4 Å². The molecular formula is C39H77Cl3N5O6P23. The summed E-state index contributed by atoms with van der Waals surface area (Å²) in [6, 6.07) is 0. The van der Waals surface area contributed by atoms with Gasteiger partial charge in [-0.15, -0.1) is 129 Å². The first-order valence-corrected chi connectivity index (χ1v) is 64.5. The maximum atomic E-state index is 12.5. The SMILES string of the molecule is C=C[C@]1(C)C[C@H]([C@@]2(C)C3=C(CC/C3=N/O)CC[C@H]2C)OC1=O.C=C[C@]1(C)C[C@H]([C@@]2(C)C3=C(CCNC3=O)CC[C@H]2C)OC1=O.Clc1nc(Cl)nc(Cl)n1.PP(P)P(P)P(P(P)P)P(P)P.PPP(P)P(P(P)P)P(P)P. The highest BCUT2D eigenvalue weighted by Crippen LogP contribution is 3.16. The first-order valence-electron chi connectivity index (χ1n) is 23.2. The Labute approximate surface area is 510 Å². The molecule has 7 rings (SSSR count). The predicted octanol–water partition coefficient (Wildman–Crippen LogP) is 21.0. The molecule has 2 saturated heterocycles. The average Bonchev–Trinajstić information content (AvgIpc) is 4.01. The monoisotopic (exact) mass is 1530 g/mol. The molecule has 37 heteroatoms. The fourth-order valence-electron chi connectivity index (χ4n) is 9.84. The Morgan fingerprint density at radius 1 is 0.645 bits per heavy atom. The molecule has 76 heavy (non-hydrogen) atoms. The quantitative estimate of drug-likeness (QED) is 0.0685. The van der Waals surface area contributed by atoms with Crippen LogP contribution in [0.1, 0.15) is 99.3 Å². The molecule has 0 spiro atoms. The third-order valence-electron chi connectivity index (χ3n) is 14.6. The van der Waals surface area contributed by atoms with Gasteiger partial charge in [-0.1, -0.05) is 64.1 Å². The second-order valence-electron chi connectivity index (χ2n) is 19.3. The van der Waals surface area contributed by atoms with Gasteiger partial charge in [0.1, 0.15) is 12.2 Å². The van der Waals surface area contributed by atoms with Crippen LogP contribution in [0.3, 0.4) is 0 Å². The molecule has 430 valence electrons. The molecular weight excluding hydrogens is 1450 g/mol. The van der Waals surface area contributed by atoms with Crippen LogP contribution in [0.25, 0.3) is 0 Å². The number of allylic oxidation sites excluding steroid dienone is 1. The van der Waals surface area contributed by atoms with Crippen molar-refractivity contribution >= 4 is 245 Å². The zero-order valence-electron chi connectivity index (χ0n) is 43.4. The first-order chi connectivity index (χ1) is 35.2. The summed E-state index contributed by atoms with van der Waals surface area (Å²) in [7, 11) is 39.9. The number of nitrogens with one attached hydrogen (secondary N) is 1. The molecule has 0 radical (unpaired) electrons. The van der Waals surface area contributed by atoms with Crippen molar-refractivity contribution < 1.29 is 29.1 Å². The number of nitrogens with zero attached hydrogens (tertiary/aromatic N) is 4. The number of amides is 1. The van der Waals surface area contributed by atoms with Gasteiger partial charge in [0.05, 0.1) is 16.5 Å². The summed E-state index contributed by atoms with van der Waals surface area (Å²) in [6.45, 7) is 22.2. The van der Waals surface area contributed by atoms with E-state index in [1.54, 1.807) is 12.2 Å². The molecule has 0 aromatic carbocycles. The lowest BCUT2D eigenvalue weighted by atomic mass is 9.59. The van der Waals surface area contributed by atoms with E-state index in [1.807, 2.05) is 13.8 Å². The standard InChI is InChI=1S/2C18H25NO3.C3Cl3N3.H14P12.H13P11/c1-5-17(3)10-13(22-16(17)21)18(4)11(2)6-7-12-8-9-19-15(20)14(12)18;1-5-17(3)10-14(22-16(17)20)18(4)11(2)6-7-12-8-9-13(19-21)15(12)18;4-1-7-2(5)9-3(6)8-1;1-8(2)11(7)12(9(3)4)10(5)6;1-7-10(6)11(8(2)3)9(4)5/h5,11,13H,1,6-10H2,2-4H3,(H,19,20);5,11,14,21H,1,6-10H2,2-4H3;;1-7H2;7H,1-6H2/b;19-13-;;;/t11-,13-,17-,18+;11-,14-,17-,18+;;;/m11.../s1. The van der Waals surface area contributed by atoms with Crippen LogP contribution in [0, 0.1) is 33.5 Å². The number of oxime groups is 1. The zero-order chi connectivity index (χ0) is 58.0. The number of aromatic nitrogens is 3. The highest BCUT2D eigenvalue weighted by molar-refractivity contribution is 9.22. The summed E-state index contributed by atoms with van der Waals surface area (Å²) in [5, 5.41) is 15.9. The lowest BCUT2D eigenvalue weighted by molar-refractivity contribution is -0.151.